The number of hydrogen-bond donors (Lipinski definition) is 1. The molecule has 1 N–H and O–H groups in total. The first-order valence-corrected chi connectivity index (χ1v) is 9.78. The molecule has 1 aromatic carbocycles. The first-order valence-electron chi connectivity index (χ1n) is 7.98. The molecule has 1 atom stereocenters. The summed E-state index contributed by atoms with van der Waals surface area (Å²) in [6, 6.07) is 6.52. The van der Waals surface area contributed by atoms with Gasteiger partial charge in [0.1, 0.15) is 0 Å². The predicted octanol–water partition coefficient (Wildman–Crippen LogP) is 5.58. The van der Waals surface area contributed by atoms with Crippen LogP contribution in [0.3, 0.4) is 0 Å². The molecule has 0 radical (unpaired) electrons. The second kappa shape index (κ2) is 9.29. The van der Waals surface area contributed by atoms with Gasteiger partial charge in [0.2, 0.25) is 0 Å². The van der Waals surface area contributed by atoms with Crippen LogP contribution in [0.15, 0.2) is 18.2 Å². The van der Waals surface area contributed by atoms with E-state index in [1.54, 1.807) is 0 Å². The van der Waals surface area contributed by atoms with Crippen LogP contribution < -0.4 is 5.32 Å². The van der Waals surface area contributed by atoms with Gasteiger partial charge in [-0.3, -0.25) is 0 Å². The van der Waals surface area contributed by atoms with Gasteiger partial charge in [-0.15, -0.1) is 0 Å². The summed E-state index contributed by atoms with van der Waals surface area (Å²) in [6.07, 6.45) is 7.83. The topological polar surface area (TPSA) is 12.0 Å². The highest BCUT2D eigenvalue weighted by atomic mass is 35.5. The zero-order valence-electron chi connectivity index (χ0n) is 12.7. The summed E-state index contributed by atoms with van der Waals surface area (Å²) in [5, 5.41) is 5.86. The van der Waals surface area contributed by atoms with E-state index in [1.165, 1.54) is 43.4 Å². The van der Waals surface area contributed by atoms with Gasteiger partial charge in [0.15, 0.2) is 0 Å². The normalized spacial score (nSPS) is 17.3. The van der Waals surface area contributed by atoms with Crippen LogP contribution in [0.2, 0.25) is 10.0 Å². The van der Waals surface area contributed by atoms with Gasteiger partial charge in [0.25, 0.3) is 0 Å². The number of hydrogen-bond acceptors (Lipinski definition) is 2. The molecular weight excluding hydrogens is 321 g/mol. The molecular formula is C17H25Cl2NS. The number of nitrogens with one attached hydrogen (secondary N) is 1. The first kappa shape index (κ1) is 17.5. The van der Waals surface area contributed by atoms with Crippen molar-refractivity contribution >= 4 is 35.0 Å². The molecule has 1 nitrogen and oxygen atoms in total. The molecule has 2 rings (SSSR count). The molecule has 0 aromatic heterocycles. The van der Waals surface area contributed by atoms with Crippen LogP contribution in [0.5, 0.6) is 0 Å². The minimum atomic E-state index is 0.521. The monoisotopic (exact) mass is 345 g/mol. The molecule has 0 aliphatic heterocycles. The molecule has 0 spiro atoms. The van der Waals surface area contributed by atoms with Crippen molar-refractivity contribution in [2.45, 2.75) is 56.7 Å². The summed E-state index contributed by atoms with van der Waals surface area (Å²) in [7, 11) is 0. The first-order chi connectivity index (χ1) is 10.2. The number of halogens is 2. The minimum Gasteiger partial charge on any atom is -0.313 e. The largest absolute Gasteiger partial charge is 0.313 e. The third kappa shape index (κ3) is 6.02. The van der Waals surface area contributed by atoms with Crippen molar-refractivity contribution in [3.63, 3.8) is 0 Å². The van der Waals surface area contributed by atoms with Crippen LogP contribution in [0, 0.1) is 0 Å². The van der Waals surface area contributed by atoms with Crippen LogP contribution in [0.1, 0.15) is 44.6 Å². The van der Waals surface area contributed by atoms with E-state index < -0.39 is 0 Å². The Bertz CT molecular complexity index is 433. The van der Waals surface area contributed by atoms with Gasteiger partial charge in [-0.2, -0.15) is 11.8 Å². The summed E-state index contributed by atoms with van der Waals surface area (Å²) < 4.78 is 0. The van der Waals surface area contributed by atoms with Gasteiger partial charge < -0.3 is 5.32 Å². The Morgan fingerprint density at radius 1 is 1.24 bits per heavy atom. The van der Waals surface area contributed by atoms with E-state index in [0.717, 1.165) is 18.2 Å². The summed E-state index contributed by atoms with van der Waals surface area (Å²) in [4.78, 5) is 0. The molecule has 1 aromatic rings. The Hall–Kier alpha value is 0.110. The predicted molar refractivity (Wildman–Crippen MR) is 97.0 cm³/mol. The van der Waals surface area contributed by atoms with Gasteiger partial charge in [0.05, 0.1) is 10.0 Å². The lowest BCUT2D eigenvalue weighted by Gasteiger charge is -2.20. The summed E-state index contributed by atoms with van der Waals surface area (Å²) >= 11 is 14.3. The van der Waals surface area contributed by atoms with Gasteiger partial charge >= 0.3 is 0 Å². The fourth-order valence-corrected chi connectivity index (χ4v) is 4.52. The van der Waals surface area contributed by atoms with Crippen LogP contribution in [0.25, 0.3) is 0 Å². The Morgan fingerprint density at radius 2 is 2.00 bits per heavy atom. The highest BCUT2D eigenvalue weighted by Gasteiger charge is 2.18. The van der Waals surface area contributed by atoms with Gasteiger partial charge in [0, 0.05) is 17.0 Å². The smallest absolute Gasteiger partial charge is 0.0595 e. The zero-order valence-corrected chi connectivity index (χ0v) is 15.0. The van der Waals surface area contributed by atoms with E-state index in [4.69, 9.17) is 23.2 Å². The molecule has 1 aliphatic rings. The molecule has 1 unspecified atom stereocenters. The lowest BCUT2D eigenvalue weighted by molar-refractivity contribution is 0.549. The summed E-state index contributed by atoms with van der Waals surface area (Å²) in [5.41, 5.74) is 1.27. The minimum absolute atomic E-state index is 0.521. The van der Waals surface area contributed by atoms with E-state index >= 15 is 0 Å². The molecule has 1 aliphatic carbocycles. The van der Waals surface area contributed by atoms with Crippen molar-refractivity contribution in [3.8, 4) is 0 Å². The average Bonchev–Trinajstić information content (AvgIpc) is 2.99. The van der Waals surface area contributed by atoms with Gasteiger partial charge in [-0.1, -0.05) is 49.0 Å². The SMILES string of the molecule is CCCNC(CSC1CCCC1)Cc1ccc(Cl)c(Cl)c1. The Kier molecular flexibility index (Phi) is 7.73. The third-order valence-electron chi connectivity index (χ3n) is 3.98. The molecule has 1 fully saturated rings. The lowest BCUT2D eigenvalue weighted by atomic mass is 10.1. The summed E-state index contributed by atoms with van der Waals surface area (Å²) in [6.45, 7) is 3.30. The maximum Gasteiger partial charge on any atom is 0.0595 e. The maximum atomic E-state index is 6.12. The van der Waals surface area contributed by atoms with Crippen LogP contribution in [-0.4, -0.2) is 23.6 Å². The van der Waals surface area contributed by atoms with Crippen molar-refractivity contribution in [2.24, 2.45) is 0 Å². The second-order valence-corrected chi connectivity index (χ2v) is 7.99. The van der Waals surface area contributed by atoms with E-state index in [9.17, 15) is 0 Å². The van der Waals surface area contributed by atoms with Crippen LogP contribution in [-0.2, 0) is 6.42 Å². The van der Waals surface area contributed by atoms with Gasteiger partial charge in [-0.05, 0) is 49.9 Å². The van der Waals surface area contributed by atoms with Crippen LogP contribution in [0.4, 0.5) is 0 Å². The quantitative estimate of drug-likeness (QED) is 0.659. The lowest BCUT2D eigenvalue weighted by Crippen LogP contribution is -2.34. The van der Waals surface area contributed by atoms with E-state index in [2.05, 4.69) is 30.1 Å². The average molecular weight is 346 g/mol. The summed E-state index contributed by atoms with van der Waals surface area (Å²) in [5.74, 6) is 1.19. The van der Waals surface area contributed by atoms with Gasteiger partial charge in [-0.25, -0.2) is 0 Å². The van der Waals surface area contributed by atoms with E-state index in [0.29, 0.717) is 16.1 Å². The fourth-order valence-electron chi connectivity index (χ4n) is 2.80. The zero-order chi connectivity index (χ0) is 15.1. The van der Waals surface area contributed by atoms with E-state index in [-0.39, 0.29) is 0 Å². The van der Waals surface area contributed by atoms with Crippen molar-refractivity contribution < 1.29 is 0 Å². The Morgan fingerprint density at radius 3 is 2.67 bits per heavy atom. The molecule has 0 saturated heterocycles. The molecule has 4 heteroatoms. The molecule has 118 valence electrons. The van der Waals surface area contributed by atoms with Crippen molar-refractivity contribution in [3.05, 3.63) is 33.8 Å². The third-order valence-corrected chi connectivity index (χ3v) is 6.26. The number of thioether (sulfide) groups is 1. The molecule has 1 saturated carbocycles. The number of rotatable bonds is 8. The van der Waals surface area contributed by atoms with Crippen molar-refractivity contribution in [1.82, 2.24) is 5.32 Å². The highest BCUT2D eigenvalue weighted by molar-refractivity contribution is 7.99. The maximum absolute atomic E-state index is 6.12. The molecule has 0 bridgehead atoms. The molecule has 0 amide bonds. The Balaban J connectivity index is 1.89. The Labute approximate surface area is 143 Å². The van der Waals surface area contributed by atoms with Crippen LogP contribution >= 0.6 is 35.0 Å². The highest BCUT2D eigenvalue weighted by Crippen LogP contribution is 2.30. The second-order valence-electron chi connectivity index (χ2n) is 5.84. The van der Waals surface area contributed by atoms with Crippen molar-refractivity contribution in [2.75, 3.05) is 12.3 Å². The number of benzene rings is 1. The van der Waals surface area contributed by atoms with Crippen molar-refractivity contribution in [1.29, 1.82) is 0 Å². The molecule has 21 heavy (non-hydrogen) atoms. The fraction of sp³-hybridized carbons (Fsp3) is 0.647. The molecule has 0 heterocycles. The standard InChI is InChI=1S/C17H25Cl2NS/c1-2-9-20-14(12-21-15-5-3-4-6-15)10-13-7-8-16(18)17(19)11-13/h7-8,11,14-15,20H,2-6,9-10,12H2,1H3. The van der Waals surface area contributed by atoms with E-state index in [1.807, 2.05) is 12.1 Å².